The van der Waals surface area contributed by atoms with E-state index in [0.717, 1.165) is 35.8 Å². The van der Waals surface area contributed by atoms with Crippen molar-refractivity contribution in [3.8, 4) is 5.82 Å². The van der Waals surface area contributed by atoms with E-state index in [9.17, 15) is 0 Å². The number of unbranched alkanes of at least 4 members (excludes halogenated alkanes) is 2. The van der Waals surface area contributed by atoms with Gasteiger partial charge in [-0.25, -0.2) is 9.97 Å². The fraction of sp³-hybridized carbons (Fsp3) is 0.316. The maximum absolute atomic E-state index is 4.73. The third kappa shape index (κ3) is 3.96. The quantitative estimate of drug-likeness (QED) is 0.456. The molecule has 0 radical (unpaired) electrons. The summed E-state index contributed by atoms with van der Waals surface area (Å²) in [4.78, 5) is 13.6. The Labute approximate surface area is 148 Å². The molecule has 0 spiro atoms. The molecule has 3 aromatic rings. The van der Waals surface area contributed by atoms with Gasteiger partial charge in [0.2, 0.25) is 11.9 Å². The molecule has 0 fully saturated rings. The molecule has 2 N–H and O–H groups in total. The molecular weight excluding hydrogens is 312 g/mol. The summed E-state index contributed by atoms with van der Waals surface area (Å²) >= 11 is 0. The zero-order chi connectivity index (χ0) is 17.5. The van der Waals surface area contributed by atoms with Gasteiger partial charge in [0, 0.05) is 25.4 Å². The summed E-state index contributed by atoms with van der Waals surface area (Å²) in [5, 5.41) is 6.58. The van der Waals surface area contributed by atoms with Gasteiger partial charge in [0.15, 0.2) is 0 Å². The van der Waals surface area contributed by atoms with Crippen molar-refractivity contribution in [1.82, 2.24) is 19.5 Å². The maximum Gasteiger partial charge on any atom is 0.224 e. The van der Waals surface area contributed by atoms with Crippen LogP contribution in [0.3, 0.4) is 0 Å². The average molecular weight is 336 g/mol. The molecule has 2 aromatic heterocycles. The van der Waals surface area contributed by atoms with E-state index < -0.39 is 0 Å². The van der Waals surface area contributed by atoms with Crippen molar-refractivity contribution in [3.05, 3.63) is 49.2 Å². The Balaban J connectivity index is 1.96. The van der Waals surface area contributed by atoms with E-state index in [0.29, 0.717) is 12.5 Å². The number of rotatable bonds is 9. The predicted molar refractivity (Wildman–Crippen MR) is 103 cm³/mol. The molecule has 0 amide bonds. The minimum atomic E-state index is 0.576. The Hall–Kier alpha value is -2.89. The van der Waals surface area contributed by atoms with Crippen LogP contribution in [0.1, 0.15) is 26.2 Å². The second kappa shape index (κ2) is 8.28. The zero-order valence-electron chi connectivity index (χ0n) is 14.6. The van der Waals surface area contributed by atoms with Gasteiger partial charge in [-0.1, -0.05) is 38.0 Å². The van der Waals surface area contributed by atoms with Crippen LogP contribution in [0.25, 0.3) is 16.9 Å². The van der Waals surface area contributed by atoms with Gasteiger partial charge in [0.05, 0.1) is 11.0 Å². The Morgan fingerprint density at radius 2 is 2.00 bits per heavy atom. The summed E-state index contributed by atoms with van der Waals surface area (Å²) in [7, 11) is 0. The fourth-order valence-corrected chi connectivity index (χ4v) is 2.67. The normalized spacial score (nSPS) is 10.8. The van der Waals surface area contributed by atoms with Gasteiger partial charge in [-0.05, 0) is 18.6 Å². The molecule has 0 aliphatic carbocycles. The first-order valence-electron chi connectivity index (χ1n) is 8.73. The van der Waals surface area contributed by atoms with Crippen LogP contribution in [-0.4, -0.2) is 32.6 Å². The Bertz CT molecular complexity index is 839. The number of hydrogen-bond donors (Lipinski definition) is 2. The van der Waals surface area contributed by atoms with E-state index in [2.05, 4.69) is 40.2 Å². The first-order valence-corrected chi connectivity index (χ1v) is 8.73. The Morgan fingerprint density at radius 1 is 1.12 bits per heavy atom. The number of benzene rings is 1. The second-order valence-corrected chi connectivity index (χ2v) is 5.80. The van der Waals surface area contributed by atoms with Crippen LogP contribution in [-0.2, 0) is 0 Å². The number of aromatic nitrogens is 4. The topological polar surface area (TPSA) is 67.7 Å². The summed E-state index contributed by atoms with van der Waals surface area (Å²) in [6, 6.07) is 9.97. The van der Waals surface area contributed by atoms with Crippen LogP contribution in [0.5, 0.6) is 0 Å². The lowest BCUT2D eigenvalue weighted by Crippen LogP contribution is -2.10. The molecule has 0 atom stereocenters. The molecule has 130 valence electrons. The zero-order valence-corrected chi connectivity index (χ0v) is 14.6. The van der Waals surface area contributed by atoms with Crippen LogP contribution in [0.2, 0.25) is 0 Å². The van der Waals surface area contributed by atoms with Crippen molar-refractivity contribution in [2.24, 2.45) is 0 Å². The minimum absolute atomic E-state index is 0.576. The summed E-state index contributed by atoms with van der Waals surface area (Å²) in [5.41, 5.74) is 1.97. The largest absolute Gasteiger partial charge is 0.355 e. The van der Waals surface area contributed by atoms with E-state index in [4.69, 9.17) is 4.98 Å². The van der Waals surface area contributed by atoms with E-state index in [-0.39, 0.29) is 0 Å². The van der Waals surface area contributed by atoms with Gasteiger partial charge in [-0.15, -0.1) is 6.58 Å². The SMILES string of the molecule is C=CCNc1nccc(-n2c(NCCCCC)nc3ccccc32)n1. The van der Waals surface area contributed by atoms with Gasteiger partial charge in [0.1, 0.15) is 5.82 Å². The lowest BCUT2D eigenvalue weighted by molar-refractivity contribution is 0.739. The highest BCUT2D eigenvalue weighted by atomic mass is 15.3. The fourth-order valence-electron chi connectivity index (χ4n) is 2.67. The van der Waals surface area contributed by atoms with Crippen molar-refractivity contribution in [3.63, 3.8) is 0 Å². The number of anilines is 2. The monoisotopic (exact) mass is 336 g/mol. The molecule has 6 nitrogen and oxygen atoms in total. The summed E-state index contributed by atoms with van der Waals surface area (Å²) in [5.74, 6) is 2.17. The molecule has 3 rings (SSSR count). The number of hydrogen-bond acceptors (Lipinski definition) is 5. The van der Waals surface area contributed by atoms with Gasteiger partial charge >= 0.3 is 0 Å². The van der Waals surface area contributed by atoms with Crippen LogP contribution < -0.4 is 10.6 Å². The molecule has 0 saturated carbocycles. The Kier molecular flexibility index (Phi) is 5.61. The lowest BCUT2D eigenvalue weighted by Gasteiger charge is -2.11. The van der Waals surface area contributed by atoms with Crippen molar-refractivity contribution < 1.29 is 0 Å². The molecule has 25 heavy (non-hydrogen) atoms. The standard InChI is InChI=1S/C19H24N6/c1-3-5-8-13-22-19-23-15-9-6-7-10-16(15)25(19)17-11-14-21-18(24-17)20-12-4-2/h4,6-7,9-11,14H,2-3,5,8,12-13H2,1H3,(H,22,23)(H,20,21,24). The van der Waals surface area contributed by atoms with E-state index in [1.54, 1.807) is 12.3 Å². The molecule has 0 unspecified atom stereocenters. The van der Waals surface area contributed by atoms with Crippen LogP contribution in [0.15, 0.2) is 49.2 Å². The first-order chi connectivity index (χ1) is 12.3. The third-order valence-electron chi connectivity index (χ3n) is 3.90. The lowest BCUT2D eigenvalue weighted by atomic mass is 10.2. The van der Waals surface area contributed by atoms with Crippen LogP contribution >= 0.6 is 0 Å². The van der Waals surface area contributed by atoms with Crippen LogP contribution in [0, 0.1) is 0 Å². The van der Waals surface area contributed by atoms with Crippen LogP contribution in [0.4, 0.5) is 11.9 Å². The number of nitrogens with zero attached hydrogens (tertiary/aromatic N) is 4. The smallest absolute Gasteiger partial charge is 0.224 e. The highest BCUT2D eigenvalue weighted by molar-refractivity contribution is 5.80. The highest BCUT2D eigenvalue weighted by Crippen LogP contribution is 2.24. The van der Waals surface area contributed by atoms with Crippen molar-refractivity contribution in [2.45, 2.75) is 26.2 Å². The molecule has 0 aliphatic heterocycles. The van der Waals surface area contributed by atoms with E-state index >= 15 is 0 Å². The summed E-state index contributed by atoms with van der Waals surface area (Å²) in [6.07, 6.45) is 7.06. The second-order valence-electron chi connectivity index (χ2n) is 5.80. The van der Waals surface area contributed by atoms with Crippen molar-refractivity contribution in [1.29, 1.82) is 0 Å². The minimum Gasteiger partial charge on any atom is -0.355 e. The summed E-state index contributed by atoms with van der Waals surface area (Å²) < 4.78 is 2.04. The number of imidazole rings is 1. The van der Waals surface area contributed by atoms with E-state index in [1.807, 2.05) is 28.8 Å². The molecular formula is C19H24N6. The van der Waals surface area contributed by atoms with Crippen molar-refractivity contribution in [2.75, 3.05) is 23.7 Å². The molecule has 0 aliphatic rings. The molecule has 2 heterocycles. The number of para-hydroxylation sites is 2. The molecule has 1 aromatic carbocycles. The van der Waals surface area contributed by atoms with Gasteiger partial charge < -0.3 is 10.6 Å². The summed E-state index contributed by atoms with van der Waals surface area (Å²) in [6.45, 7) is 7.42. The number of nitrogens with one attached hydrogen (secondary N) is 2. The molecule has 0 bridgehead atoms. The maximum atomic E-state index is 4.73. The number of fused-ring (bicyclic) bond motifs is 1. The first kappa shape index (κ1) is 17.0. The average Bonchev–Trinajstić information content (AvgIpc) is 3.02. The van der Waals surface area contributed by atoms with E-state index in [1.165, 1.54) is 12.8 Å². The van der Waals surface area contributed by atoms with Gasteiger partial charge in [0.25, 0.3) is 0 Å². The van der Waals surface area contributed by atoms with Gasteiger partial charge in [-0.3, -0.25) is 4.57 Å². The van der Waals surface area contributed by atoms with Gasteiger partial charge in [-0.2, -0.15) is 4.98 Å². The Morgan fingerprint density at radius 3 is 2.84 bits per heavy atom. The highest BCUT2D eigenvalue weighted by Gasteiger charge is 2.13. The van der Waals surface area contributed by atoms with Crippen molar-refractivity contribution >= 4 is 22.9 Å². The third-order valence-corrected chi connectivity index (χ3v) is 3.90. The molecule has 6 heteroatoms. The predicted octanol–water partition coefficient (Wildman–Crippen LogP) is 4.02. The molecule has 0 saturated heterocycles.